The first-order valence-electron chi connectivity index (χ1n) is 8.13. The molecule has 0 saturated carbocycles. The van der Waals surface area contributed by atoms with E-state index in [0.717, 1.165) is 11.1 Å². The predicted octanol–water partition coefficient (Wildman–Crippen LogP) is 2.91. The maximum atomic E-state index is 10.4. The van der Waals surface area contributed by atoms with Crippen LogP contribution in [0.3, 0.4) is 0 Å². The Balaban J connectivity index is 1.90. The van der Waals surface area contributed by atoms with Crippen molar-refractivity contribution in [1.29, 1.82) is 0 Å². The summed E-state index contributed by atoms with van der Waals surface area (Å²) >= 11 is 0. The van der Waals surface area contributed by atoms with E-state index in [-0.39, 0.29) is 18.6 Å². The summed E-state index contributed by atoms with van der Waals surface area (Å²) < 4.78 is 27.7. The van der Waals surface area contributed by atoms with Crippen LogP contribution >= 0.6 is 0 Å². The summed E-state index contributed by atoms with van der Waals surface area (Å²) in [4.78, 5) is 0. The molecule has 25 heavy (non-hydrogen) atoms. The Labute approximate surface area is 145 Å². The fourth-order valence-corrected chi connectivity index (χ4v) is 3.58. The van der Waals surface area contributed by atoms with Crippen LogP contribution in [0.1, 0.15) is 24.0 Å². The number of hydrogen-bond acceptors (Lipinski definition) is 6. The Kier molecular flexibility index (Phi) is 3.84. The molecule has 0 bridgehead atoms. The number of hydrogen-bond donors (Lipinski definition) is 1. The maximum absolute atomic E-state index is 10.4. The zero-order valence-electron chi connectivity index (χ0n) is 14.3. The van der Waals surface area contributed by atoms with Crippen molar-refractivity contribution in [2.75, 3.05) is 21.0 Å². The number of benzene rings is 2. The Morgan fingerprint density at radius 2 is 1.76 bits per heavy atom. The van der Waals surface area contributed by atoms with Crippen LogP contribution in [-0.2, 0) is 0 Å². The van der Waals surface area contributed by atoms with E-state index in [1.165, 1.54) is 0 Å². The molecule has 2 heterocycles. The van der Waals surface area contributed by atoms with Crippen LogP contribution in [0.25, 0.3) is 0 Å². The summed E-state index contributed by atoms with van der Waals surface area (Å²) in [6, 6.07) is 9.44. The van der Waals surface area contributed by atoms with Crippen molar-refractivity contribution in [1.82, 2.24) is 0 Å². The van der Waals surface area contributed by atoms with Crippen molar-refractivity contribution >= 4 is 0 Å². The third kappa shape index (κ3) is 2.44. The first kappa shape index (κ1) is 15.9. The molecule has 6 nitrogen and oxygen atoms in total. The molecular formula is C19H20O6. The standard InChI is InChI=1S/C19H20O6/c1-10-17(11-5-4-6-13(21-2)18(11)22-3)12-7-15-16(24-9-23-15)8-14(12)25-19(10)20/h4-8,10,17,19-20H,9H2,1-3H3/t10-,17+,19+/m1/s1. The summed E-state index contributed by atoms with van der Waals surface area (Å²) in [7, 11) is 3.22. The lowest BCUT2D eigenvalue weighted by Gasteiger charge is -2.36. The van der Waals surface area contributed by atoms with Gasteiger partial charge in [0.25, 0.3) is 0 Å². The summed E-state index contributed by atoms with van der Waals surface area (Å²) in [5.74, 6) is 2.86. The highest BCUT2D eigenvalue weighted by Crippen LogP contribution is 2.51. The molecule has 0 aliphatic carbocycles. The maximum Gasteiger partial charge on any atom is 0.231 e. The minimum Gasteiger partial charge on any atom is -0.493 e. The lowest BCUT2D eigenvalue weighted by molar-refractivity contribution is -0.0730. The van der Waals surface area contributed by atoms with E-state index in [2.05, 4.69) is 0 Å². The highest BCUT2D eigenvalue weighted by Gasteiger charge is 2.39. The van der Waals surface area contributed by atoms with Crippen molar-refractivity contribution in [3.8, 4) is 28.7 Å². The van der Waals surface area contributed by atoms with E-state index >= 15 is 0 Å². The average Bonchev–Trinajstić information content (AvgIpc) is 3.08. The summed E-state index contributed by atoms with van der Waals surface area (Å²) in [6.45, 7) is 2.13. The van der Waals surface area contributed by atoms with E-state index in [0.29, 0.717) is 28.7 Å². The van der Waals surface area contributed by atoms with Gasteiger partial charge in [-0.1, -0.05) is 19.1 Å². The Bertz CT molecular complexity index is 803. The lowest BCUT2D eigenvalue weighted by atomic mass is 9.78. The highest BCUT2D eigenvalue weighted by molar-refractivity contribution is 5.59. The van der Waals surface area contributed by atoms with Gasteiger partial charge < -0.3 is 28.8 Å². The molecule has 6 heteroatoms. The van der Waals surface area contributed by atoms with Crippen LogP contribution in [0.4, 0.5) is 0 Å². The molecule has 0 amide bonds. The number of methoxy groups -OCH3 is 2. The van der Waals surface area contributed by atoms with E-state index in [4.69, 9.17) is 23.7 Å². The molecule has 4 rings (SSSR count). The second kappa shape index (κ2) is 6.04. The first-order valence-corrected chi connectivity index (χ1v) is 8.13. The van der Waals surface area contributed by atoms with Crippen molar-refractivity contribution in [2.24, 2.45) is 5.92 Å². The van der Waals surface area contributed by atoms with Gasteiger partial charge in [-0.15, -0.1) is 0 Å². The van der Waals surface area contributed by atoms with Crippen molar-refractivity contribution in [3.05, 3.63) is 41.5 Å². The van der Waals surface area contributed by atoms with Gasteiger partial charge in [-0.05, 0) is 12.1 Å². The van der Waals surface area contributed by atoms with E-state index < -0.39 is 6.29 Å². The average molecular weight is 344 g/mol. The van der Waals surface area contributed by atoms with Crippen LogP contribution in [-0.4, -0.2) is 32.4 Å². The summed E-state index contributed by atoms with van der Waals surface area (Å²) in [6.07, 6.45) is -0.936. The number of fused-ring (bicyclic) bond motifs is 2. The SMILES string of the molecule is COc1cccc([C@H]2c3cc4c(cc3O[C@H](O)[C@@H]2C)OCO4)c1OC. The molecule has 1 N–H and O–H groups in total. The largest absolute Gasteiger partial charge is 0.493 e. The number of ether oxygens (including phenoxy) is 5. The van der Waals surface area contributed by atoms with Gasteiger partial charge in [-0.25, -0.2) is 0 Å². The molecule has 2 aliphatic heterocycles. The van der Waals surface area contributed by atoms with Crippen LogP contribution in [0.15, 0.2) is 30.3 Å². The number of para-hydroxylation sites is 1. The first-order chi connectivity index (χ1) is 12.1. The summed E-state index contributed by atoms with van der Waals surface area (Å²) in [5, 5.41) is 10.4. The second-order valence-corrected chi connectivity index (χ2v) is 6.17. The quantitative estimate of drug-likeness (QED) is 0.923. The molecule has 0 unspecified atom stereocenters. The number of aliphatic hydroxyl groups excluding tert-OH is 1. The molecule has 132 valence electrons. The number of aliphatic hydroxyl groups is 1. The minimum absolute atomic E-state index is 0.140. The zero-order valence-corrected chi connectivity index (χ0v) is 14.3. The van der Waals surface area contributed by atoms with E-state index in [1.54, 1.807) is 20.3 Å². The molecule has 3 atom stereocenters. The van der Waals surface area contributed by atoms with Gasteiger partial charge in [0, 0.05) is 29.0 Å². The molecule has 0 radical (unpaired) electrons. The Morgan fingerprint density at radius 3 is 2.48 bits per heavy atom. The van der Waals surface area contributed by atoms with Crippen molar-refractivity contribution < 1.29 is 28.8 Å². The monoisotopic (exact) mass is 344 g/mol. The molecule has 2 aromatic carbocycles. The second-order valence-electron chi connectivity index (χ2n) is 6.17. The normalized spacial score (nSPS) is 23.6. The van der Waals surface area contributed by atoms with Crippen molar-refractivity contribution in [2.45, 2.75) is 19.1 Å². The highest BCUT2D eigenvalue weighted by atomic mass is 16.7. The van der Waals surface area contributed by atoms with Crippen LogP contribution < -0.4 is 23.7 Å². The lowest BCUT2D eigenvalue weighted by Crippen LogP contribution is -2.34. The molecule has 2 aliphatic rings. The smallest absolute Gasteiger partial charge is 0.231 e. The molecule has 0 fully saturated rings. The van der Waals surface area contributed by atoms with Crippen LogP contribution in [0, 0.1) is 5.92 Å². The van der Waals surface area contributed by atoms with Crippen LogP contribution in [0.2, 0.25) is 0 Å². The fourth-order valence-electron chi connectivity index (χ4n) is 3.58. The third-order valence-corrected chi connectivity index (χ3v) is 4.83. The molecule has 0 aromatic heterocycles. The van der Waals surface area contributed by atoms with Gasteiger partial charge in [0.15, 0.2) is 23.0 Å². The van der Waals surface area contributed by atoms with Crippen molar-refractivity contribution in [3.63, 3.8) is 0 Å². The molecule has 2 aromatic rings. The van der Waals surface area contributed by atoms with Gasteiger partial charge in [0.1, 0.15) is 5.75 Å². The zero-order chi connectivity index (χ0) is 17.6. The molecule has 0 saturated heterocycles. The topological polar surface area (TPSA) is 66.4 Å². The molecule has 0 spiro atoms. The van der Waals surface area contributed by atoms with Gasteiger partial charge >= 0.3 is 0 Å². The van der Waals surface area contributed by atoms with Gasteiger partial charge in [0.2, 0.25) is 13.1 Å². The summed E-state index contributed by atoms with van der Waals surface area (Å²) in [5.41, 5.74) is 1.85. The Morgan fingerprint density at radius 1 is 1.00 bits per heavy atom. The third-order valence-electron chi connectivity index (χ3n) is 4.83. The van der Waals surface area contributed by atoms with Crippen LogP contribution in [0.5, 0.6) is 28.7 Å². The van der Waals surface area contributed by atoms with E-state index in [9.17, 15) is 5.11 Å². The minimum atomic E-state index is -0.936. The predicted molar refractivity (Wildman–Crippen MR) is 89.8 cm³/mol. The molecular weight excluding hydrogens is 324 g/mol. The van der Waals surface area contributed by atoms with Gasteiger partial charge in [-0.2, -0.15) is 0 Å². The van der Waals surface area contributed by atoms with E-state index in [1.807, 2.05) is 31.2 Å². The fraction of sp³-hybridized carbons (Fsp3) is 0.368. The van der Waals surface area contributed by atoms with Gasteiger partial charge in [-0.3, -0.25) is 0 Å². The van der Waals surface area contributed by atoms with Gasteiger partial charge in [0.05, 0.1) is 14.2 Å². The number of rotatable bonds is 3. The Hall–Kier alpha value is -2.60.